The van der Waals surface area contributed by atoms with Gasteiger partial charge >= 0.3 is 6.18 Å². The summed E-state index contributed by atoms with van der Waals surface area (Å²) in [5.41, 5.74) is -0.812. The molecule has 7 heteroatoms. The second-order valence-corrected chi connectivity index (χ2v) is 5.81. The van der Waals surface area contributed by atoms with Crippen molar-refractivity contribution in [1.29, 1.82) is 0 Å². The van der Waals surface area contributed by atoms with Gasteiger partial charge in [0.05, 0.1) is 12.1 Å². The maximum Gasteiger partial charge on any atom is 0.417 e. The average molecular weight is 314 g/mol. The zero-order valence-electron chi connectivity index (χ0n) is 11.9. The molecule has 0 aromatic carbocycles. The molecule has 2 atom stereocenters. The van der Waals surface area contributed by atoms with Crippen LogP contribution in [0.25, 0.3) is 0 Å². The number of halogens is 3. The van der Waals surface area contributed by atoms with Gasteiger partial charge < -0.3 is 10.1 Å². The van der Waals surface area contributed by atoms with Crippen molar-refractivity contribution in [3.05, 3.63) is 23.9 Å². The number of nitrogens with one attached hydrogen (secondary N) is 1. The summed E-state index contributed by atoms with van der Waals surface area (Å²) in [6, 6.07) is 2.10. The molecule has 0 bridgehead atoms. The van der Waals surface area contributed by atoms with Crippen molar-refractivity contribution in [2.24, 2.45) is 17.8 Å². The molecule has 120 valence electrons. The smallest absolute Gasteiger partial charge is 0.417 e. The summed E-state index contributed by atoms with van der Waals surface area (Å²) in [6.45, 7) is 0.517. The zero-order chi connectivity index (χ0) is 15.7. The second-order valence-electron chi connectivity index (χ2n) is 5.81. The molecule has 1 N–H and O–H groups in total. The minimum Gasteiger partial charge on any atom is -0.476 e. The van der Waals surface area contributed by atoms with Crippen LogP contribution in [0.5, 0.6) is 5.88 Å². The molecule has 3 rings (SSSR count). The third kappa shape index (κ3) is 3.18. The second kappa shape index (κ2) is 5.78. The number of hydrogen-bond acceptors (Lipinski definition) is 3. The van der Waals surface area contributed by atoms with Crippen molar-refractivity contribution >= 4 is 5.91 Å². The fourth-order valence-corrected chi connectivity index (χ4v) is 3.29. The third-order valence-corrected chi connectivity index (χ3v) is 4.42. The van der Waals surface area contributed by atoms with Gasteiger partial charge in [-0.2, -0.15) is 13.2 Å². The minimum atomic E-state index is -4.40. The van der Waals surface area contributed by atoms with Crippen molar-refractivity contribution in [2.45, 2.75) is 25.4 Å². The summed E-state index contributed by atoms with van der Waals surface area (Å²) in [4.78, 5) is 15.5. The summed E-state index contributed by atoms with van der Waals surface area (Å²) in [5.74, 6) is 1.48. The highest BCUT2D eigenvalue weighted by Crippen LogP contribution is 2.57. The number of nitrogens with zero attached hydrogens (tertiary/aromatic N) is 1. The number of hydrogen-bond donors (Lipinski definition) is 1. The number of carbonyl (C=O) groups excluding carboxylic acids is 1. The summed E-state index contributed by atoms with van der Waals surface area (Å²) < 4.78 is 42.3. The van der Waals surface area contributed by atoms with E-state index in [1.165, 1.54) is 12.5 Å². The van der Waals surface area contributed by atoms with Crippen molar-refractivity contribution in [2.75, 3.05) is 13.2 Å². The standard InChI is InChI=1S/C15H17F3N2O2/c16-15(17,18)9-4-5-12(20-8-9)22-7-6-19-14(21)13-10-2-1-3-11(10)13/h4-5,8,10-11,13H,1-3,6-7H2,(H,19,21)/t10-,11-/m0/s1. The molecular weight excluding hydrogens is 297 g/mol. The van der Waals surface area contributed by atoms with Crippen LogP contribution in [0.1, 0.15) is 24.8 Å². The predicted molar refractivity (Wildman–Crippen MR) is 72.1 cm³/mol. The van der Waals surface area contributed by atoms with E-state index < -0.39 is 11.7 Å². The fraction of sp³-hybridized carbons (Fsp3) is 0.600. The van der Waals surface area contributed by atoms with Crippen molar-refractivity contribution in [1.82, 2.24) is 10.3 Å². The molecule has 2 fully saturated rings. The molecule has 2 saturated carbocycles. The Morgan fingerprint density at radius 2 is 2.05 bits per heavy atom. The van der Waals surface area contributed by atoms with Crippen molar-refractivity contribution in [3.8, 4) is 5.88 Å². The first-order valence-electron chi connectivity index (χ1n) is 7.40. The molecule has 0 radical (unpaired) electrons. The number of ether oxygens (including phenoxy) is 1. The molecule has 1 aromatic rings. The van der Waals surface area contributed by atoms with E-state index in [4.69, 9.17) is 4.74 Å². The van der Waals surface area contributed by atoms with Crippen molar-refractivity contribution in [3.63, 3.8) is 0 Å². The molecule has 1 heterocycles. The van der Waals surface area contributed by atoms with E-state index in [1.807, 2.05) is 0 Å². The number of fused-ring (bicyclic) bond motifs is 1. The molecule has 1 aromatic heterocycles. The Labute approximate surface area is 126 Å². The van der Waals surface area contributed by atoms with Gasteiger partial charge in [-0.15, -0.1) is 0 Å². The molecule has 4 nitrogen and oxygen atoms in total. The van der Waals surface area contributed by atoms with Gasteiger partial charge in [0.25, 0.3) is 0 Å². The molecule has 0 saturated heterocycles. The highest BCUT2D eigenvalue weighted by Gasteiger charge is 2.56. The zero-order valence-corrected chi connectivity index (χ0v) is 11.9. The van der Waals surface area contributed by atoms with Crippen molar-refractivity contribution < 1.29 is 22.7 Å². The number of amides is 1. The summed E-state index contributed by atoms with van der Waals surface area (Å²) in [5, 5.41) is 2.81. The van der Waals surface area contributed by atoms with Crippen LogP contribution in [0, 0.1) is 17.8 Å². The molecule has 22 heavy (non-hydrogen) atoms. The van der Waals surface area contributed by atoms with Gasteiger partial charge in [0.1, 0.15) is 6.61 Å². The van der Waals surface area contributed by atoms with Crippen LogP contribution in [0.2, 0.25) is 0 Å². The Morgan fingerprint density at radius 1 is 1.32 bits per heavy atom. The van der Waals surface area contributed by atoms with Crippen LogP contribution in [0.15, 0.2) is 18.3 Å². The van der Waals surface area contributed by atoms with E-state index in [2.05, 4.69) is 10.3 Å². The first-order valence-corrected chi connectivity index (χ1v) is 7.40. The van der Waals surface area contributed by atoms with E-state index in [0.717, 1.165) is 25.1 Å². The topological polar surface area (TPSA) is 51.2 Å². The Hall–Kier alpha value is -1.79. The van der Waals surface area contributed by atoms with Gasteiger partial charge in [0.15, 0.2) is 0 Å². The van der Waals surface area contributed by atoms with Crippen LogP contribution < -0.4 is 10.1 Å². The van der Waals surface area contributed by atoms with Crippen LogP contribution in [-0.4, -0.2) is 24.0 Å². The first-order chi connectivity index (χ1) is 10.5. The highest BCUT2D eigenvalue weighted by atomic mass is 19.4. The normalized spacial score (nSPS) is 26.4. The van der Waals surface area contributed by atoms with E-state index in [0.29, 0.717) is 18.4 Å². The lowest BCUT2D eigenvalue weighted by molar-refractivity contribution is -0.137. The summed E-state index contributed by atoms with van der Waals surface area (Å²) in [7, 11) is 0. The van der Waals surface area contributed by atoms with Gasteiger partial charge in [0.2, 0.25) is 11.8 Å². The lowest BCUT2D eigenvalue weighted by Crippen LogP contribution is -2.30. The van der Waals surface area contributed by atoms with Gasteiger partial charge in [-0.05, 0) is 30.7 Å². The monoisotopic (exact) mass is 314 g/mol. The van der Waals surface area contributed by atoms with E-state index in [9.17, 15) is 18.0 Å². The summed E-state index contributed by atoms with van der Waals surface area (Å²) in [6.07, 6.45) is -0.146. The van der Waals surface area contributed by atoms with E-state index >= 15 is 0 Å². The molecule has 0 aliphatic heterocycles. The highest BCUT2D eigenvalue weighted by molar-refractivity contribution is 5.82. The molecular formula is C15H17F3N2O2. The Morgan fingerprint density at radius 3 is 2.64 bits per heavy atom. The Bertz CT molecular complexity index is 535. The Balaban J connectivity index is 1.37. The number of alkyl halides is 3. The van der Waals surface area contributed by atoms with Crippen LogP contribution >= 0.6 is 0 Å². The van der Waals surface area contributed by atoms with Crippen LogP contribution in [-0.2, 0) is 11.0 Å². The lowest BCUT2D eigenvalue weighted by atomic mass is 10.1. The number of carbonyl (C=O) groups is 1. The average Bonchev–Trinajstić information content (AvgIpc) is 2.96. The molecule has 0 spiro atoms. The maximum absolute atomic E-state index is 12.4. The number of aromatic nitrogens is 1. The van der Waals surface area contributed by atoms with Gasteiger partial charge in [-0.25, -0.2) is 4.98 Å². The quantitative estimate of drug-likeness (QED) is 0.850. The number of rotatable bonds is 5. The first kappa shape index (κ1) is 15.1. The number of pyridine rings is 1. The van der Waals surface area contributed by atoms with Gasteiger partial charge in [-0.3, -0.25) is 4.79 Å². The minimum absolute atomic E-state index is 0.0682. The maximum atomic E-state index is 12.4. The largest absolute Gasteiger partial charge is 0.476 e. The van der Waals surface area contributed by atoms with E-state index in [1.54, 1.807) is 0 Å². The molecule has 0 unspecified atom stereocenters. The molecule has 2 aliphatic carbocycles. The third-order valence-electron chi connectivity index (χ3n) is 4.42. The summed E-state index contributed by atoms with van der Waals surface area (Å²) >= 11 is 0. The van der Waals surface area contributed by atoms with Gasteiger partial charge in [0, 0.05) is 18.2 Å². The Kier molecular flexibility index (Phi) is 3.97. The predicted octanol–water partition coefficient (Wildman–Crippen LogP) is 2.64. The van der Waals surface area contributed by atoms with E-state index in [-0.39, 0.29) is 24.3 Å². The van der Waals surface area contributed by atoms with Crippen LogP contribution in [0.4, 0.5) is 13.2 Å². The molecule has 1 amide bonds. The fourth-order valence-electron chi connectivity index (χ4n) is 3.29. The lowest BCUT2D eigenvalue weighted by Gasteiger charge is -2.09. The van der Waals surface area contributed by atoms with Crippen LogP contribution in [0.3, 0.4) is 0 Å². The SMILES string of the molecule is O=C(NCCOc1ccc(C(F)(F)F)cn1)C1[C@H]2CCC[C@H]12. The molecule has 2 aliphatic rings. The van der Waals surface area contributed by atoms with Gasteiger partial charge in [-0.1, -0.05) is 6.42 Å².